The molecule has 0 radical (unpaired) electrons. The standard InChI is InChI=1S/C21H22N4O4/c1-27-18-9-16(10-19(28-2)20(18)29-3)25-15-6-7-17(23-13-15)21(26)24-12-14-5-4-8-22-11-14/h4-11,13,25H,12H2,1-3H3,(H,24,26). The summed E-state index contributed by atoms with van der Waals surface area (Å²) in [7, 11) is 4.67. The molecule has 0 unspecified atom stereocenters. The first-order valence-corrected chi connectivity index (χ1v) is 8.84. The third kappa shape index (κ3) is 4.92. The molecule has 0 saturated heterocycles. The van der Waals surface area contributed by atoms with Crippen molar-refractivity contribution in [3.05, 3.63) is 66.2 Å². The molecule has 0 bridgehead atoms. The maximum Gasteiger partial charge on any atom is 0.270 e. The first-order chi connectivity index (χ1) is 14.1. The van der Waals surface area contributed by atoms with Crippen LogP contribution in [-0.4, -0.2) is 37.2 Å². The van der Waals surface area contributed by atoms with E-state index in [1.807, 2.05) is 12.1 Å². The zero-order chi connectivity index (χ0) is 20.6. The van der Waals surface area contributed by atoms with E-state index in [0.717, 1.165) is 11.3 Å². The summed E-state index contributed by atoms with van der Waals surface area (Å²) < 4.78 is 16.0. The number of aromatic nitrogens is 2. The van der Waals surface area contributed by atoms with Gasteiger partial charge in [0.25, 0.3) is 5.91 Å². The van der Waals surface area contributed by atoms with Gasteiger partial charge in [-0.15, -0.1) is 0 Å². The Bertz CT molecular complexity index is 937. The summed E-state index contributed by atoms with van der Waals surface area (Å²) in [6.07, 6.45) is 4.98. The minimum absolute atomic E-state index is 0.256. The first-order valence-electron chi connectivity index (χ1n) is 8.84. The Hall–Kier alpha value is -3.81. The number of ether oxygens (including phenoxy) is 3. The number of benzene rings is 1. The third-order valence-corrected chi connectivity index (χ3v) is 4.13. The first kappa shape index (κ1) is 19.9. The lowest BCUT2D eigenvalue weighted by Crippen LogP contribution is -2.23. The lowest BCUT2D eigenvalue weighted by Gasteiger charge is -2.15. The van der Waals surface area contributed by atoms with Gasteiger partial charge in [0.15, 0.2) is 11.5 Å². The second-order valence-corrected chi connectivity index (χ2v) is 6.02. The summed E-state index contributed by atoms with van der Waals surface area (Å²) in [6.45, 7) is 0.389. The molecule has 0 aliphatic heterocycles. The molecule has 1 aromatic carbocycles. The van der Waals surface area contributed by atoms with E-state index in [4.69, 9.17) is 14.2 Å². The molecular formula is C21H22N4O4. The van der Waals surface area contributed by atoms with E-state index >= 15 is 0 Å². The molecule has 8 nitrogen and oxygen atoms in total. The van der Waals surface area contributed by atoms with Crippen molar-refractivity contribution < 1.29 is 19.0 Å². The highest BCUT2D eigenvalue weighted by Gasteiger charge is 2.13. The number of hydrogen-bond donors (Lipinski definition) is 2. The van der Waals surface area contributed by atoms with Crippen molar-refractivity contribution in [1.82, 2.24) is 15.3 Å². The summed E-state index contributed by atoms with van der Waals surface area (Å²) in [6, 6.07) is 10.7. The number of pyridine rings is 2. The lowest BCUT2D eigenvalue weighted by atomic mass is 10.2. The number of methoxy groups -OCH3 is 3. The van der Waals surface area contributed by atoms with Crippen LogP contribution in [0.1, 0.15) is 16.1 Å². The summed E-state index contributed by atoms with van der Waals surface area (Å²) in [5.74, 6) is 1.33. The van der Waals surface area contributed by atoms with Gasteiger partial charge < -0.3 is 24.8 Å². The van der Waals surface area contributed by atoms with Crippen LogP contribution in [0.4, 0.5) is 11.4 Å². The smallest absolute Gasteiger partial charge is 0.270 e. The van der Waals surface area contributed by atoms with E-state index in [2.05, 4.69) is 20.6 Å². The van der Waals surface area contributed by atoms with Gasteiger partial charge in [-0.25, -0.2) is 4.98 Å². The number of anilines is 2. The van der Waals surface area contributed by atoms with Gasteiger partial charge in [0.1, 0.15) is 5.69 Å². The zero-order valence-electron chi connectivity index (χ0n) is 16.4. The molecule has 0 atom stereocenters. The van der Waals surface area contributed by atoms with Gasteiger partial charge in [-0.2, -0.15) is 0 Å². The van der Waals surface area contributed by atoms with Crippen LogP contribution >= 0.6 is 0 Å². The quantitative estimate of drug-likeness (QED) is 0.606. The van der Waals surface area contributed by atoms with Gasteiger partial charge in [0, 0.05) is 36.8 Å². The molecule has 2 N–H and O–H groups in total. The Labute approximate surface area is 168 Å². The predicted molar refractivity (Wildman–Crippen MR) is 109 cm³/mol. The third-order valence-electron chi connectivity index (χ3n) is 4.13. The van der Waals surface area contributed by atoms with Crippen molar-refractivity contribution >= 4 is 17.3 Å². The average molecular weight is 394 g/mol. The molecule has 3 aromatic rings. The summed E-state index contributed by atoms with van der Waals surface area (Å²) in [5.41, 5.74) is 2.68. The molecule has 29 heavy (non-hydrogen) atoms. The molecule has 2 aromatic heterocycles. The van der Waals surface area contributed by atoms with Crippen LogP contribution in [0.3, 0.4) is 0 Å². The van der Waals surface area contributed by atoms with Crippen LogP contribution in [-0.2, 0) is 6.54 Å². The summed E-state index contributed by atoms with van der Waals surface area (Å²) in [5, 5.41) is 6.03. The van der Waals surface area contributed by atoms with Gasteiger partial charge in [0.05, 0.1) is 33.2 Å². The second-order valence-electron chi connectivity index (χ2n) is 6.02. The molecule has 2 heterocycles. The molecule has 0 saturated carbocycles. The highest BCUT2D eigenvalue weighted by atomic mass is 16.5. The van der Waals surface area contributed by atoms with Gasteiger partial charge in [-0.1, -0.05) is 6.07 Å². The fraction of sp³-hybridized carbons (Fsp3) is 0.190. The van der Waals surface area contributed by atoms with Crippen LogP contribution in [0.25, 0.3) is 0 Å². The molecule has 150 valence electrons. The average Bonchev–Trinajstić information content (AvgIpc) is 2.77. The van der Waals surface area contributed by atoms with Gasteiger partial charge >= 0.3 is 0 Å². The summed E-state index contributed by atoms with van der Waals surface area (Å²) >= 11 is 0. The Balaban J connectivity index is 1.68. The largest absolute Gasteiger partial charge is 0.493 e. The molecule has 0 fully saturated rings. The number of amides is 1. The Morgan fingerprint density at radius 2 is 1.72 bits per heavy atom. The highest BCUT2D eigenvalue weighted by molar-refractivity contribution is 5.92. The van der Waals surface area contributed by atoms with Crippen molar-refractivity contribution in [2.24, 2.45) is 0 Å². The number of hydrogen-bond acceptors (Lipinski definition) is 7. The monoisotopic (exact) mass is 394 g/mol. The summed E-state index contributed by atoms with van der Waals surface area (Å²) in [4.78, 5) is 20.5. The fourth-order valence-corrected chi connectivity index (χ4v) is 2.70. The lowest BCUT2D eigenvalue weighted by molar-refractivity contribution is 0.0946. The maximum absolute atomic E-state index is 12.3. The van der Waals surface area contributed by atoms with Crippen molar-refractivity contribution in [2.45, 2.75) is 6.54 Å². The van der Waals surface area contributed by atoms with Crippen LogP contribution in [0.2, 0.25) is 0 Å². The van der Waals surface area contributed by atoms with E-state index in [1.165, 1.54) is 0 Å². The van der Waals surface area contributed by atoms with Gasteiger partial charge in [-0.05, 0) is 23.8 Å². The normalized spacial score (nSPS) is 10.2. The SMILES string of the molecule is COc1cc(Nc2ccc(C(=O)NCc3cccnc3)nc2)cc(OC)c1OC. The van der Waals surface area contributed by atoms with Gasteiger partial charge in [-0.3, -0.25) is 9.78 Å². The number of nitrogens with zero attached hydrogens (tertiary/aromatic N) is 2. The number of nitrogens with one attached hydrogen (secondary N) is 2. The molecular weight excluding hydrogens is 372 g/mol. The van der Waals surface area contributed by atoms with E-state index in [-0.39, 0.29) is 5.91 Å². The van der Waals surface area contributed by atoms with Crippen LogP contribution in [0.15, 0.2) is 55.0 Å². The minimum Gasteiger partial charge on any atom is -0.493 e. The topological polar surface area (TPSA) is 94.6 Å². The zero-order valence-corrected chi connectivity index (χ0v) is 16.4. The highest BCUT2D eigenvalue weighted by Crippen LogP contribution is 2.40. The van der Waals surface area contributed by atoms with Crippen LogP contribution in [0, 0.1) is 0 Å². The van der Waals surface area contributed by atoms with Crippen molar-refractivity contribution in [3.8, 4) is 17.2 Å². The predicted octanol–water partition coefficient (Wildman–Crippen LogP) is 3.18. The second kappa shape index (κ2) is 9.41. The molecule has 0 aliphatic carbocycles. The minimum atomic E-state index is -0.256. The number of rotatable bonds is 8. The van der Waals surface area contributed by atoms with E-state index in [1.54, 1.807) is 64.2 Å². The molecule has 1 amide bonds. The molecule has 0 spiro atoms. The number of carbonyl (C=O) groups is 1. The fourth-order valence-electron chi connectivity index (χ4n) is 2.70. The van der Waals surface area contributed by atoms with Crippen molar-refractivity contribution in [1.29, 1.82) is 0 Å². The Morgan fingerprint density at radius 3 is 2.28 bits per heavy atom. The molecule has 3 rings (SSSR count). The Kier molecular flexibility index (Phi) is 6.47. The molecule has 0 aliphatic rings. The van der Waals surface area contributed by atoms with Crippen molar-refractivity contribution in [3.63, 3.8) is 0 Å². The maximum atomic E-state index is 12.3. The number of carbonyl (C=O) groups excluding carboxylic acids is 1. The van der Waals surface area contributed by atoms with E-state index in [9.17, 15) is 4.79 Å². The van der Waals surface area contributed by atoms with E-state index < -0.39 is 0 Å². The van der Waals surface area contributed by atoms with E-state index in [0.29, 0.717) is 35.2 Å². The molecule has 8 heteroatoms. The van der Waals surface area contributed by atoms with Crippen molar-refractivity contribution in [2.75, 3.05) is 26.6 Å². The van der Waals surface area contributed by atoms with Crippen LogP contribution in [0.5, 0.6) is 17.2 Å². The Morgan fingerprint density at radius 1 is 0.966 bits per heavy atom. The van der Waals surface area contributed by atoms with Crippen LogP contribution < -0.4 is 24.8 Å². The van der Waals surface area contributed by atoms with Gasteiger partial charge in [0.2, 0.25) is 5.75 Å².